The normalized spacial score (nSPS) is 14.3. The number of aryl methyl sites for hydroxylation is 1. The molecule has 1 aliphatic rings. The molecule has 0 aromatic heterocycles. The lowest BCUT2D eigenvalue weighted by atomic mass is 9.94. The smallest absolute Gasteiger partial charge is 0.264 e. The van der Waals surface area contributed by atoms with E-state index >= 15 is 0 Å². The summed E-state index contributed by atoms with van der Waals surface area (Å²) in [5, 5.41) is 3.90. The Bertz CT molecular complexity index is 1760. The van der Waals surface area contributed by atoms with Crippen LogP contribution in [0.5, 0.6) is 0 Å². The van der Waals surface area contributed by atoms with Crippen LogP contribution in [-0.2, 0) is 32.6 Å². The van der Waals surface area contributed by atoms with E-state index in [1.807, 2.05) is 37.3 Å². The zero-order valence-corrected chi connectivity index (χ0v) is 28.6. The van der Waals surface area contributed by atoms with Crippen molar-refractivity contribution in [2.45, 2.75) is 69.0 Å². The third kappa shape index (κ3) is 8.95. The standard InChI is InChI=1S/C37H39Cl2N3O4S/c1-27-17-20-31(21-18-27)42(47(45,46)32-15-9-4-10-16-32)26-36(43)41(25-29-19-22-33(38)34(39)23-29)35(24-28-11-5-2-6-12-28)37(44)40-30-13-7-3-8-14-30/h2,4-6,9-12,15-23,30,35H,3,7-8,13-14,24-26H2,1H3,(H,40,44)/t35-/m0/s1. The molecule has 1 N–H and O–H groups in total. The Morgan fingerprint density at radius 3 is 2.09 bits per heavy atom. The summed E-state index contributed by atoms with van der Waals surface area (Å²) in [7, 11) is -4.16. The molecule has 2 amide bonds. The van der Waals surface area contributed by atoms with Gasteiger partial charge in [-0.15, -0.1) is 0 Å². The second kappa shape index (κ2) is 15.8. The predicted molar refractivity (Wildman–Crippen MR) is 188 cm³/mol. The molecule has 0 saturated heterocycles. The Labute approximate surface area is 287 Å². The van der Waals surface area contributed by atoms with Crippen LogP contribution >= 0.6 is 23.2 Å². The van der Waals surface area contributed by atoms with Gasteiger partial charge in [-0.1, -0.05) is 115 Å². The van der Waals surface area contributed by atoms with E-state index in [0.717, 1.165) is 47.5 Å². The number of hydrogen-bond donors (Lipinski definition) is 1. The maximum absolute atomic E-state index is 14.6. The first kappa shape index (κ1) is 34.5. The number of sulfonamides is 1. The number of nitrogens with zero attached hydrogens (tertiary/aromatic N) is 2. The molecule has 5 rings (SSSR count). The van der Waals surface area contributed by atoms with Crippen LogP contribution in [0, 0.1) is 6.92 Å². The van der Waals surface area contributed by atoms with E-state index in [9.17, 15) is 18.0 Å². The van der Waals surface area contributed by atoms with Gasteiger partial charge in [0, 0.05) is 19.0 Å². The third-order valence-corrected chi connectivity index (χ3v) is 11.0. The largest absolute Gasteiger partial charge is 0.352 e. The van der Waals surface area contributed by atoms with Gasteiger partial charge in [-0.3, -0.25) is 13.9 Å². The lowest BCUT2D eigenvalue weighted by Crippen LogP contribution is -2.55. The van der Waals surface area contributed by atoms with Crippen molar-refractivity contribution in [3.05, 3.63) is 130 Å². The van der Waals surface area contributed by atoms with Crippen LogP contribution in [0.4, 0.5) is 5.69 Å². The molecule has 1 saturated carbocycles. The van der Waals surface area contributed by atoms with Gasteiger partial charge in [0.15, 0.2) is 0 Å². The average Bonchev–Trinajstić information content (AvgIpc) is 3.08. The van der Waals surface area contributed by atoms with E-state index in [1.165, 1.54) is 17.0 Å². The number of anilines is 1. The average molecular weight is 693 g/mol. The fraction of sp³-hybridized carbons (Fsp3) is 0.297. The maximum atomic E-state index is 14.6. The molecule has 47 heavy (non-hydrogen) atoms. The molecule has 1 fully saturated rings. The van der Waals surface area contributed by atoms with Gasteiger partial charge in [0.1, 0.15) is 12.6 Å². The van der Waals surface area contributed by atoms with Crippen molar-refractivity contribution in [2.75, 3.05) is 10.8 Å². The first-order chi connectivity index (χ1) is 22.6. The van der Waals surface area contributed by atoms with Crippen LogP contribution in [-0.4, -0.2) is 43.8 Å². The highest BCUT2D eigenvalue weighted by Crippen LogP contribution is 2.27. The number of amides is 2. The fourth-order valence-corrected chi connectivity index (χ4v) is 7.65. The molecule has 0 heterocycles. The van der Waals surface area contributed by atoms with Gasteiger partial charge in [-0.25, -0.2) is 8.42 Å². The lowest BCUT2D eigenvalue weighted by molar-refractivity contribution is -0.140. The SMILES string of the molecule is Cc1ccc(N(CC(=O)N(Cc2ccc(Cl)c(Cl)c2)[C@@H](Cc2ccccc2)C(=O)NC2CCCCC2)S(=O)(=O)c2ccccc2)cc1. The minimum atomic E-state index is -4.16. The number of carbonyl (C=O) groups excluding carboxylic acids is 2. The van der Waals surface area contributed by atoms with Crippen LogP contribution < -0.4 is 9.62 Å². The van der Waals surface area contributed by atoms with Crippen molar-refractivity contribution in [3.63, 3.8) is 0 Å². The number of carbonyl (C=O) groups is 2. The number of rotatable bonds is 12. The van der Waals surface area contributed by atoms with Crippen molar-refractivity contribution < 1.29 is 18.0 Å². The van der Waals surface area contributed by atoms with E-state index in [0.29, 0.717) is 21.3 Å². The summed E-state index contributed by atoms with van der Waals surface area (Å²) in [6, 6.07) is 28.7. The summed E-state index contributed by atoms with van der Waals surface area (Å²) >= 11 is 12.6. The Morgan fingerprint density at radius 2 is 1.45 bits per heavy atom. The fourth-order valence-electron chi connectivity index (χ4n) is 5.89. The van der Waals surface area contributed by atoms with E-state index in [2.05, 4.69) is 5.32 Å². The Hall–Kier alpha value is -3.85. The van der Waals surface area contributed by atoms with Gasteiger partial charge >= 0.3 is 0 Å². The first-order valence-corrected chi connectivity index (χ1v) is 18.0. The molecule has 0 spiro atoms. The molecule has 0 aliphatic heterocycles. The molecule has 4 aromatic rings. The van der Waals surface area contributed by atoms with Crippen molar-refractivity contribution in [1.82, 2.24) is 10.2 Å². The quantitative estimate of drug-likeness (QED) is 0.166. The Kier molecular flexibility index (Phi) is 11.6. The van der Waals surface area contributed by atoms with Crippen molar-refractivity contribution >= 4 is 50.7 Å². The Morgan fingerprint density at radius 1 is 0.809 bits per heavy atom. The van der Waals surface area contributed by atoms with Crippen LogP contribution in [0.2, 0.25) is 10.0 Å². The second-order valence-corrected chi connectivity index (χ2v) is 14.7. The van der Waals surface area contributed by atoms with E-state index in [1.54, 1.807) is 60.7 Å². The molecular weight excluding hydrogens is 653 g/mol. The maximum Gasteiger partial charge on any atom is 0.264 e. The molecule has 10 heteroatoms. The van der Waals surface area contributed by atoms with Crippen LogP contribution in [0.15, 0.2) is 108 Å². The third-order valence-electron chi connectivity index (χ3n) is 8.49. The minimum absolute atomic E-state index is 0.0123. The highest BCUT2D eigenvalue weighted by Gasteiger charge is 2.35. The van der Waals surface area contributed by atoms with Crippen molar-refractivity contribution in [1.29, 1.82) is 0 Å². The summed E-state index contributed by atoms with van der Waals surface area (Å²) in [5.74, 6) is -0.808. The van der Waals surface area contributed by atoms with Gasteiger partial charge in [-0.05, 0) is 67.3 Å². The molecule has 1 aliphatic carbocycles. The molecule has 246 valence electrons. The second-order valence-electron chi connectivity index (χ2n) is 12.0. The Balaban J connectivity index is 1.56. The zero-order chi connectivity index (χ0) is 33.4. The predicted octanol–water partition coefficient (Wildman–Crippen LogP) is 7.59. The summed E-state index contributed by atoms with van der Waals surface area (Å²) < 4.78 is 29.4. The minimum Gasteiger partial charge on any atom is -0.352 e. The number of nitrogens with one attached hydrogen (secondary N) is 1. The molecule has 0 bridgehead atoms. The summed E-state index contributed by atoms with van der Waals surface area (Å²) in [6.07, 6.45) is 5.18. The summed E-state index contributed by atoms with van der Waals surface area (Å²) in [4.78, 5) is 30.4. The molecule has 1 atom stereocenters. The van der Waals surface area contributed by atoms with Gasteiger partial charge in [0.05, 0.1) is 20.6 Å². The molecular formula is C37H39Cl2N3O4S. The monoisotopic (exact) mass is 691 g/mol. The molecule has 0 unspecified atom stereocenters. The number of benzene rings is 4. The summed E-state index contributed by atoms with van der Waals surface area (Å²) in [5.41, 5.74) is 2.81. The number of hydrogen-bond acceptors (Lipinski definition) is 4. The topological polar surface area (TPSA) is 86.8 Å². The summed E-state index contributed by atoms with van der Waals surface area (Å²) in [6.45, 7) is 1.39. The van der Waals surface area contributed by atoms with Crippen LogP contribution in [0.1, 0.15) is 48.8 Å². The van der Waals surface area contributed by atoms with E-state index in [-0.39, 0.29) is 29.8 Å². The van der Waals surface area contributed by atoms with Crippen molar-refractivity contribution in [3.8, 4) is 0 Å². The van der Waals surface area contributed by atoms with E-state index in [4.69, 9.17) is 23.2 Å². The zero-order valence-electron chi connectivity index (χ0n) is 26.3. The van der Waals surface area contributed by atoms with Crippen molar-refractivity contribution in [2.24, 2.45) is 0 Å². The first-order valence-electron chi connectivity index (χ1n) is 15.8. The van der Waals surface area contributed by atoms with Crippen LogP contribution in [0.3, 0.4) is 0 Å². The van der Waals surface area contributed by atoms with Gasteiger partial charge < -0.3 is 10.2 Å². The highest BCUT2D eigenvalue weighted by atomic mass is 35.5. The molecule has 7 nitrogen and oxygen atoms in total. The number of halogens is 2. The molecule has 4 aromatic carbocycles. The van der Waals surface area contributed by atoms with Gasteiger partial charge in [0.25, 0.3) is 10.0 Å². The highest BCUT2D eigenvalue weighted by molar-refractivity contribution is 7.92. The van der Waals surface area contributed by atoms with Gasteiger partial charge in [-0.2, -0.15) is 0 Å². The van der Waals surface area contributed by atoms with E-state index < -0.39 is 28.5 Å². The van der Waals surface area contributed by atoms with Gasteiger partial charge in [0.2, 0.25) is 11.8 Å². The van der Waals surface area contributed by atoms with Crippen LogP contribution in [0.25, 0.3) is 0 Å². The molecule has 0 radical (unpaired) electrons. The lowest BCUT2D eigenvalue weighted by Gasteiger charge is -2.35.